The molecule has 1 fully saturated rings. The first-order chi connectivity index (χ1) is 15.0. The van der Waals surface area contributed by atoms with Crippen molar-refractivity contribution in [1.29, 1.82) is 0 Å². The number of Topliss-reactive ketones (excluding diaryl/α,β-unsaturated/α-hetero) is 1. The number of ether oxygens (including phenoxy) is 2. The van der Waals surface area contributed by atoms with Crippen LogP contribution in [0.3, 0.4) is 0 Å². The van der Waals surface area contributed by atoms with Crippen LogP contribution in [-0.4, -0.2) is 24.4 Å². The van der Waals surface area contributed by atoms with Crippen LogP contribution in [0, 0.1) is 6.92 Å². The molecule has 0 saturated heterocycles. The largest absolute Gasteiger partial charge is 0.497 e. The van der Waals surface area contributed by atoms with E-state index in [9.17, 15) is 9.59 Å². The molecule has 3 aromatic rings. The highest BCUT2D eigenvalue weighted by molar-refractivity contribution is 6.13. The van der Waals surface area contributed by atoms with Gasteiger partial charge in [0.1, 0.15) is 22.7 Å². The second kappa shape index (κ2) is 7.45. The minimum atomic E-state index is -0.355. The molecule has 1 aliphatic carbocycles. The maximum absolute atomic E-state index is 13.1. The monoisotopic (exact) mass is 419 g/mol. The van der Waals surface area contributed by atoms with Gasteiger partial charge in [0.05, 0.1) is 19.1 Å². The summed E-state index contributed by atoms with van der Waals surface area (Å²) in [5, 5.41) is 3.58. The topological polar surface area (TPSA) is 77.8 Å². The summed E-state index contributed by atoms with van der Waals surface area (Å²) in [4.78, 5) is 26.0. The second-order valence-electron chi connectivity index (χ2n) is 8.49. The number of carbonyl (C=O) groups is 2. The Hall–Kier alpha value is -3.28. The molecule has 0 unspecified atom stereocenters. The number of furan rings is 1. The molecule has 1 N–H and O–H groups in total. The zero-order valence-electron chi connectivity index (χ0n) is 17.7. The first-order valence-corrected chi connectivity index (χ1v) is 10.7. The predicted molar refractivity (Wildman–Crippen MR) is 116 cm³/mol. The summed E-state index contributed by atoms with van der Waals surface area (Å²) >= 11 is 0. The van der Waals surface area contributed by atoms with Gasteiger partial charge in [-0.1, -0.05) is 12.1 Å². The number of aryl methyl sites for hydroxylation is 1. The van der Waals surface area contributed by atoms with Crippen molar-refractivity contribution in [3.63, 3.8) is 0 Å². The van der Waals surface area contributed by atoms with E-state index in [0.717, 1.165) is 37.0 Å². The molecule has 160 valence electrons. The van der Waals surface area contributed by atoms with Crippen molar-refractivity contribution >= 4 is 22.7 Å². The van der Waals surface area contributed by atoms with Crippen LogP contribution in [0.5, 0.6) is 11.5 Å². The average molecular weight is 419 g/mol. The SMILES string of the molecule is COc1cccc(CNC(=O)c2oc3ccc4c(c3c2C)C(=O)CC2(CCCC2)O4)c1. The van der Waals surface area contributed by atoms with Crippen molar-refractivity contribution in [2.45, 2.75) is 51.2 Å². The molecule has 1 aliphatic heterocycles. The molecule has 1 spiro atoms. The van der Waals surface area contributed by atoms with Gasteiger partial charge in [0, 0.05) is 17.5 Å². The van der Waals surface area contributed by atoms with Gasteiger partial charge in [-0.2, -0.15) is 0 Å². The second-order valence-corrected chi connectivity index (χ2v) is 8.49. The van der Waals surface area contributed by atoms with Crippen molar-refractivity contribution in [2.24, 2.45) is 0 Å². The Balaban J connectivity index is 1.44. The molecule has 2 heterocycles. The van der Waals surface area contributed by atoms with Crippen molar-refractivity contribution in [3.05, 3.63) is 58.8 Å². The van der Waals surface area contributed by atoms with E-state index in [-0.39, 0.29) is 23.1 Å². The van der Waals surface area contributed by atoms with Crippen LogP contribution in [0.1, 0.15) is 64.1 Å². The maximum atomic E-state index is 13.1. The zero-order valence-corrected chi connectivity index (χ0v) is 17.7. The summed E-state index contributed by atoms with van der Waals surface area (Å²) in [6.45, 7) is 2.16. The van der Waals surface area contributed by atoms with Crippen molar-refractivity contribution in [3.8, 4) is 11.5 Å². The zero-order chi connectivity index (χ0) is 21.6. The summed E-state index contributed by atoms with van der Waals surface area (Å²) in [7, 11) is 1.61. The summed E-state index contributed by atoms with van der Waals surface area (Å²) in [5.41, 5.74) is 2.30. The van der Waals surface area contributed by atoms with Gasteiger partial charge in [-0.05, 0) is 62.4 Å². The molecule has 6 nitrogen and oxygen atoms in total. The average Bonchev–Trinajstić information content (AvgIpc) is 3.36. The number of methoxy groups -OCH3 is 1. The molecule has 0 bridgehead atoms. The molecule has 0 atom stereocenters. The van der Waals surface area contributed by atoms with Gasteiger partial charge in [0.2, 0.25) is 0 Å². The Labute approximate surface area is 180 Å². The van der Waals surface area contributed by atoms with E-state index in [1.54, 1.807) is 19.2 Å². The lowest BCUT2D eigenvalue weighted by molar-refractivity contribution is 0.0454. The lowest BCUT2D eigenvalue weighted by Gasteiger charge is -2.34. The lowest BCUT2D eigenvalue weighted by Crippen LogP contribution is -2.39. The number of nitrogens with one attached hydrogen (secondary N) is 1. The Bertz CT molecular complexity index is 1190. The first kappa shape index (κ1) is 19.7. The molecule has 2 aromatic carbocycles. The Morgan fingerprint density at radius 2 is 2.00 bits per heavy atom. The van der Waals surface area contributed by atoms with Crippen LogP contribution in [0.4, 0.5) is 0 Å². The van der Waals surface area contributed by atoms with E-state index < -0.39 is 0 Å². The molecule has 31 heavy (non-hydrogen) atoms. The third-order valence-electron chi connectivity index (χ3n) is 6.45. The smallest absolute Gasteiger partial charge is 0.287 e. The van der Waals surface area contributed by atoms with E-state index in [1.165, 1.54) is 0 Å². The summed E-state index contributed by atoms with van der Waals surface area (Å²) in [6.07, 6.45) is 4.40. The van der Waals surface area contributed by atoms with Crippen LogP contribution in [0.25, 0.3) is 11.0 Å². The molecule has 6 heteroatoms. The number of ketones is 1. The number of amides is 1. The normalized spacial score (nSPS) is 16.9. The van der Waals surface area contributed by atoms with Gasteiger partial charge in [-0.3, -0.25) is 9.59 Å². The molecule has 1 aromatic heterocycles. The number of hydrogen-bond donors (Lipinski definition) is 1. The number of benzene rings is 2. The van der Waals surface area contributed by atoms with Gasteiger partial charge in [-0.25, -0.2) is 0 Å². The molecule has 1 saturated carbocycles. The van der Waals surface area contributed by atoms with Crippen LogP contribution < -0.4 is 14.8 Å². The van der Waals surface area contributed by atoms with Crippen LogP contribution in [0.2, 0.25) is 0 Å². The van der Waals surface area contributed by atoms with Gasteiger partial charge >= 0.3 is 0 Å². The summed E-state index contributed by atoms with van der Waals surface area (Å²) in [6, 6.07) is 11.1. The van der Waals surface area contributed by atoms with E-state index >= 15 is 0 Å². The van der Waals surface area contributed by atoms with Crippen molar-refractivity contribution < 1.29 is 23.5 Å². The fourth-order valence-corrected chi connectivity index (χ4v) is 4.89. The summed E-state index contributed by atoms with van der Waals surface area (Å²) in [5.74, 6) is 1.32. The van der Waals surface area contributed by atoms with E-state index in [2.05, 4.69) is 5.32 Å². The van der Waals surface area contributed by atoms with E-state index in [4.69, 9.17) is 13.9 Å². The Morgan fingerprint density at radius 3 is 2.77 bits per heavy atom. The quantitative estimate of drug-likeness (QED) is 0.647. The van der Waals surface area contributed by atoms with Gasteiger partial charge < -0.3 is 19.2 Å². The molecular weight excluding hydrogens is 394 g/mol. The highest BCUT2D eigenvalue weighted by atomic mass is 16.5. The standard InChI is InChI=1S/C25H25NO5/c1-15-21-19(8-9-20-22(21)18(27)13-25(31-20)10-3-4-11-25)30-23(15)24(28)26-14-16-6-5-7-17(12-16)29-2/h5-9,12H,3-4,10-11,13-14H2,1-2H3,(H,26,28). The molecular formula is C25H25NO5. The Kier molecular flexibility index (Phi) is 4.73. The number of rotatable bonds is 4. The van der Waals surface area contributed by atoms with Gasteiger partial charge in [0.25, 0.3) is 5.91 Å². The number of fused-ring (bicyclic) bond motifs is 3. The summed E-state index contributed by atoms with van der Waals surface area (Å²) < 4.78 is 17.4. The van der Waals surface area contributed by atoms with Gasteiger partial charge in [0.15, 0.2) is 11.5 Å². The minimum absolute atomic E-state index is 0.0704. The highest BCUT2D eigenvalue weighted by Gasteiger charge is 2.43. The van der Waals surface area contributed by atoms with Gasteiger partial charge in [-0.15, -0.1) is 0 Å². The van der Waals surface area contributed by atoms with E-state index in [0.29, 0.717) is 40.8 Å². The third kappa shape index (κ3) is 3.36. The lowest BCUT2D eigenvalue weighted by atomic mass is 9.87. The van der Waals surface area contributed by atoms with Crippen LogP contribution in [0.15, 0.2) is 40.8 Å². The molecule has 5 rings (SSSR count). The maximum Gasteiger partial charge on any atom is 0.287 e. The predicted octanol–water partition coefficient (Wildman–Crippen LogP) is 4.96. The van der Waals surface area contributed by atoms with E-state index in [1.807, 2.05) is 31.2 Å². The van der Waals surface area contributed by atoms with Crippen LogP contribution >= 0.6 is 0 Å². The molecule has 0 radical (unpaired) electrons. The van der Waals surface area contributed by atoms with Crippen LogP contribution in [-0.2, 0) is 6.54 Å². The molecule has 1 amide bonds. The van der Waals surface area contributed by atoms with Crippen molar-refractivity contribution in [2.75, 3.05) is 7.11 Å². The van der Waals surface area contributed by atoms with Crippen molar-refractivity contribution in [1.82, 2.24) is 5.32 Å². The molecule has 2 aliphatic rings. The first-order valence-electron chi connectivity index (χ1n) is 10.7. The fraction of sp³-hybridized carbons (Fsp3) is 0.360. The highest BCUT2D eigenvalue weighted by Crippen LogP contribution is 2.46. The Morgan fingerprint density at radius 1 is 1.19 bits per heavy atom. The number of hydrogen-bond acceptors (Lipinski definition) is 5. The minimum Gasteiger partial charge on any atom is -0.497 e. The number of carbonyl (C=O) groups excluding carboxylic acids is 2. The fourth-order valence-electron chi connectivity index (χ4n) is 4.89. The third-order valence-corrected chi connectivity index (χ3v) is 6.45.